The molecule has 0 fully saturated rings. The minimum Gasteiger partial charge on any atom is -0.481 e. The van der Waals surface area contributed by atoms with E-state index < -0.39 is 41.1 Å². The number of nitrogens with one attached hydrogen (secondary N) is 2. The minimum atomic E-state index is -1.67. The fourth-order valence-corrected chi connectivity index (χ4v) is 6.51. The summed E-state index contributed by atoms with van der Waals surface area (Å²) in [6, 6.07) is 41.1. The number of nitro groups is 3. The molecule has 0 spiro atoms. The van der Waals surface area contributed by atoms with Crippen molar-refractivity contribution in [2.45, 2.75) is 122 Å². The van der Waals surface area contributed by atoms with E-state index in [2.05, 4.69) is 112 Å². The highest BCUT2D eigenvalue weighted by Gasteiger charge is 2.16. The normalized spacial score (nSPS) is 8.99. The summed E-state index contributed by atoms with van der Waals surface area (Å²) in [5.41, 5.74) is 33.0. The van der Waals surface area contributed by atoms with Gasteiger partial charge in [-0.2, -0.15) is 0 Å². The Labute approximate surface area is 610 Å². The van der Waals surface area contributed by atoms with Gasteiger partial charge in [0.25, 0.3) is 17.1 Å². The summed E-state index contributed by atoms with van der Waals surface area (Å²) >= 11 is 22.3. The number of nitrogens with two attached hydrogens (primary N) is 5. The van der Waals surface area contributed by atoms with Gasteiger partial charge in [0.15, 0.2) is 5.11 Å². The lowest BCUT2D eigenvalue weighted by Gasteiger charge is -2.05. The highest BCUT2D eigenvalue weighted by Crippen LogP contribution is 2.21. The van der Waals surface area contributed by atoms with Crippen LogP contribution in [0.25, 0.3) is 0 Å². The number of primary amides is 2. The fraction of sp³-hybridized carbons (Fsp3) is 0.323. The van der Waals surface area contributed by atoms with Gasteiger partial charge in [-0.3, -0.25) is 49.5 Å². The van der Waals surface area contributed by atoms with Crippen molar-refractivity contribution in [1.82, 2.24) is 11.5 Å². The van der Waals surface area contributed by atoms with E-state index in [1.165, 1.54) is 48.0 Å². The van der Waals surface area contributed by atoms with E-state index in [-0.39, 0.29) is 60.4 Å². The van der Waals surface area contributed by atoms with Gasteiger partial charge >= 0.3 is 5.97 Å². The van der Waals surface area contributed by atoms with Crippen LogP contribution in [-0.2, 0) is 66.9 Å². The lowest BCUT2D eigenvalue weighted by atomic mass is 10.1. The summed E-state index contributed by atoms with van der Waals surface area (Å²) in [7, 11) is 7.36. The van der Waals surface area contributed by atoms with Crippen molar-refractivity contribution in [1.29, 1.82) is 0 Å². The van der Waals surface area contributed by atoms with Crippen LogP contribution in [0.4, 0.5) is 34.1 Å². The number of amides is 2. The molecule has 0 saturated carbocycles. The quantitative estimate of drug-likeness (QED) is 0.0129. The first kappa shape index (κ1) is 106. The van der Waals surface area contributed by atoms with E-state index in [1.807, 2.05) is 130 Å². The Morgan fingerprint density at radius 2 is 0.851 bits per heavy atom. The SMILES string of the molecule is CC.CC.CC.CC.CC.CC.II.N.NC(=O)Cc1ccccc1N.NC(=O)Cc1ccccc1[N+](=O)[O-].NCCc1ccccc1N.O=C(Cl)Cc1ccccc1[N+](=O)[O-].O=C(O)Cc1ccccc1[N+](=O)[O-].O=S(Cl)Cl.S=C1NCCc2ccccc2N1.S=C=S. The molecular formula is C62H92Cl3I2N11O12S4. The number of benzene rings is 6. The van der Waals surface area contributed by atoms with E-state index in [4.69, 9.17) is 61.8 Å². The maximum Gasteiger partial charge on any atom is 0.308 e. The third-order valence-corrected chi connectivity index (χ3v) is 9.81. The number of aliphatic carboxylic acids is 1. The molecule has 0 aliphatic carbocycles. The number of para-hydroxylation sites is 6. The summed E-state index contributed by atoms with van der Waals surface area (Å²) in [5, 5.41) is 46.2. The number of carbonyl (C=O) groups is 4. The fourth-order valence-electron chi connectivity index (χ4n) is 6.15. The Morgan fingerprint density at radius 1 is 0.564 bits per heavy atom. The molecule has 6 aromatic carbocycles. The van der Waals surface area contributed by atoms with Gasteiger partial charge in [0.2, 0.25) is 26.3 Å². The monoisotopic (exact) mass is 1670 g/mol. The summed E-state index contributed by atoms with van der Waals surface area (Å²) in [5.74, 6) is -2.01. The first-order chi connectivity index (χ1) is 44.4. The molecular weight excluding hydrogens is 1580 g/mol. The third kappa shape index (κ3) is 60.5. The van der Waals surface area contributed by atoms with Crippen LogP contribution in [0.5, 0.6) is 0 Å². The standard InChI is InChI=1S/C9H10N2S.C8H6ClNO3.C8H8N2O3.C8H10N2O.C8H12N2.C8H7NO4.6C2H6.CS2.Cl2OS.I2.H3N/c12-9-10-6-5-7-3-1-2-4-8(7)11-9;2*9-8(11)5-6-3-1-2-4-7(6)10(12)13;9-7-4-2-1-3-6(7)5-8(10)11;9-6-5-7-3-1-2-4-8(7)10;10-8(11)5-6-3-1-2-4-7(6)9(12)13;6*1-2;2-1-3;1-4(2)3;1-2;/h1-4H,5-6H2,(H2,10,11,12);1-4H,5H2;1-4H,5H2,(H2,9,11);1-4H,5,9H2,(H2,10,11);1-4H,5-6,9-10H2;1-4H,5H2,(H,10,11);6*1-2H3;;;;1H3. The average Bonchev–Trinajstić information content (AvgIpc) is 1.17. The number of anilines is 3. The Morgan fingerprint density at radius 3 is 1.17 bits per heavy atom. The zero-order chi connectivity index (χ0) is 73.9. The maximum absolute atomic E-state index is 10.5. The van der Waals surface area contributed by atoms with Crippen molar-refractivity contribution in [2.75, 3.05) is 29.9 Å². The van der Waals surface area contributed by atoms with Crippen molar-refractivity contribution in [3.8, 4) is 0 Å². The average molecular weight is 1670 g/mol. The number of nitro benzene ring substituents is 3. The second-order valence-corrected chi connectivity index (χ2v) is 19.1. The number of carbonyl (C=O) groups excluding carboxylic acids is 3. The smallest absolute Gasteiger partial charge is 0.308 e. The van der Waals surface area contributed by atoms with Gasteiger partial charge in [0.05, 0.1) is 40.5 Å². The third-order valence-electron chi connectivity index (χ3n) is 9.43. The Hall–Kier alpha value is -6.49. The van der Waals surface area contributed by atoms with Crippen LogP contribution in [0.2, 0.25) is 0 Å². The molecule has 0 unspecified atom stereocenters. The number of rotatable bonds is 13. The van der Waals surface area contributed by atoms with Crippen LogP contribution in [0.3, 0.4) is 0 Å². The first-order valence-electron chi connectivity index (χ1n) is 28.4. The Balaban J connectivity index is -0.000000124. The number of nitrogen functional groups attached to an aromatic ring is 2. The number of fused-ring (bicyclic) bond motifs is 1. The molecule has 0 atom stereocenters. The van der Waals surface area contributed by atoms with Crippen molar-refractivity contribution >= 4 is 183 Å². The molecule has 6 aromatic rings. The number of hydrogen-bond acceptors (Lipinski definition) is 18. The van der Waals surface area contributed by atoms with Crippen LogP contribution < -0.4 is 45.5 Å². The predicted octanol–water partition coefficient (Wildman–Crippen LogP) is 16.5. The molecule has 32 heteroatoms. The van der Waals surface area contributed by atoms with Crippen molar-refractivity contribution in [3.05, 3.63) is 209 Å². The van der Waals surface area contributed by atoms with E-state index in [9.17, 15) is 49.5 Å². The summed E-state index contributed by atoms with van der Waals surface area (Å²) in [6.45, 7) is 25.6. The molecule has 0 saturated heterocycles. The van der Waals surface area contributed by atoms with Gasteiger partial charge in [-0.05, 0) is 103 Å². The van der Waals surface area contributed by atoms with Crippen LogP contribution in [0, 0.1) is 30.3 Å². The predicted molar refractivity (Wildman–Crippen MR) is 421 cm³/mol. The van der Waals surface area contributed by atoms with E-state index >= 15 is 0 Å². The molecule has 7 rings (SSSR count). The van der Waals surface area contributed by atoms with Gasteiger partial charge in [-0.1, -0.05) is 192 Å². The lowest BCUT2D eigenvalue weighted by Crippen LogP contribution is -2.27. The molecule has 0 radical (unpaired) electrons. The van der Waals surface area contributed by atoms with Gasteiger partial charge in [-0.25, -0.2) is 4.21 Å². The summed E-state index contributed by atoms with van der Waals surface area (Å²) in [6.07, 6.45) is 1.58. The molecule has 23 nitrogen and oxygen atoms in total. The number of nitrogens with zero attached hydrogens (tertiary/aromatic N) is 3. The highest BCUT2D eigenvalue weighted by molar-refractivity contribution is 15.0. The van der Waals surface area contributed by atoms with Gasteiger partial charge in [0.1, 0.15) is 0 Å². The van der Waals surface area contributed by atoms with Crippen molar-refractivity contribution in [2.24, 2.45) is 17.2 Å². The van der Waals surface area contributed by atoms with Crippen LogP contribution in [-0.4, -0.2) is 69.6 Å². The summed E-state index contributed by atoms with van der Waals surface area (Å²) < 4.78 is 11.0. The molecule has 1 aliphatic rings. The number of carboxylic acids is 1. The zero-order valence-electron chi connectivity index (χ0n) is 54.9. The number of carboxylic acid groups (broad SMARTS) is 1. The number of hydrogen-bond donors (Lipinski definition) is 9. The molecule has 94 heavy (non-hydrogen) atoms. The number of halogens is 5. The second-order valence-electron chi connectivity index (χ2n) is 15.0. The summed E-state index contributed by atoms with van der Waals surface area (Å²) in [4.78, 5) is 71.6. The zero-order valence-corrected chi connectivity index (χ0v) is 64.8. The maximum atomic E-state index is 10.5. The molecule has 16 N–H and O–H groups in total. The van der Waals surface area contributed by atoms with Crippen LogP contribution in [0.15, 0.2) is 146 Å². The highest BCUT2D eigenvalue weighted by atomic mass is 128. The number of thiocarbonyl (C=S) groups is 3. The van der Waals surface area contributed by atoms with Gasteiger partial charge < -0.3 is 50.6 Å². The largest absolute Gasteiger partial charge is 0.481 e. The molecule has 2 amide bonds. The van der Waals surface area contributed by atoms with Crippen LogP contribution >= 0.6 is 107 Å². The minimum absolute atomic E-state index is 0. The van der Waals surface area contributed by atoms with Gasteiger partial charge in [0, 0.05) is 121 Å². The molecule has 1 aliphatic heterocycles. The van der Waals surface area contributed by atoms with E-state index in [0.29, 0.717) is 23.4 Å². The topological polar surface area (TPSA) is 424 Å². The van der Waals surface area contributed by atoms with E-state index in [0.717, 1.165) is 47.0 Å². The van der Waals surface area contributed by atoms with Crippen molar-refractivity contribution < 1.29 is 43.3 Å². The van der Waals surface area contributed by atoms with E-state index in [1.54, 1.807) is 42.5 Å². The molecule has 0 bridgehead atoms. The van der Waals surface area contributed by atoms with Crippen LogP contribution in [0.1, 0.15) is 116 Å². The molecule has 0 aromatic heterocycles. The Kier molecular flexibility index (Phi) is 85.4. The molecule has 526 valence electrons. The first-order valence-corrected chi connectivity index (χ1v) is 39.1. The Bertz CT molecular complexity index is 2910. The van der Waals surface area contributed by atoms with Crippen molar-refractivity contribution in [3.63, 3.8) is 0 Å². The lowest BCUT2D eigenvalue weighted by molar-refractivity contribution is -0.385. The second kappa shape index (κ2) is 75.5. The molecule has 1 heterocycles. The van der Waals surface area contributed by atoms with Gasteiger partial charge in [-0.15, -0.1) is 0 Å².